The summed E-state index contributed by atoms with van der Waals surface area (Å²) in [5, 5.41) is 0. The van der Waals surface area contributed by atoms with Crippen molar-refractivity contribution >= 4 is 15.9 Å². The van der Waals surface area contributed by atoms with Crippen LogP contribution in [-0.4, -0.2) is 9.81 Å². The molecule has 0 aromatic carbocycles. The molecule has 0 amide bonds. The number of aromatic nitrogens is 1. The highest BCUT2D eigenvalue weighted by molar-refractivity contribution is 9.09. The summed E-state index contributed by atoms with van der Waals surface area (Å²) in [6.07, 6.45) is 8.70. The van der Waals surface area contributed by atoms with E-state index >= 15 is 0 Å². The van der Waals surface area contributed by atoms with E-state index < -0.39 is 0 Å². The van der Waals surface area contributed by atoms with Gasteiger partial charge in [-0.25, -0.2) is 0 Å². The lowest BCUT2D eigenvalue weighted by molar-refractivity contribution is 0.691. The van der Waals surface area contributed by atoms with Crippen LogP contribution in [0.3, 0.4) is 0 Å². The van der Waals surface area contributed by atoms with Crippen molar-refractivity contribution < 1.29 is 0 Å². The molecule has 0 fully saturated rings. The molecule has 14 heavy (non-hydrogen) atoms. The maximum absolute atomic E-state index is 4.15. The largest absolute Gasteiger partial charge is 0.264 e. The van der Waals surface area contributed by atoms with Gasteiger partial charge < -0.3 is 0 Å². The lowest BCUT2D eigenvalue weighted by Crippen LogP contribution is -2.00. The van der Waals surface area contributed by atoms with Gasteiger partial charge in [-0.2, -0.15) is 0 Å². The highest BCUT2D eigenvalue weighted by Gasteiger charge is 2.04. The van der Waals surface area contributed by atoms with Crippen molar-refractivity contribution in [1.29, 1.82) is 0 Å². The Morgan fingerprint density at radius 3 is 2.86 bits per heavy atom. The Morgan fingerprint density at radius 1 is 1.43 bits per heavy atom. The van der Waals surface area contributed by atoms with E-state index in [9.17, 15) is 0 Å². The molecule has 0 aliphatic heterocycles. The zero-order chi connectivity index (χ0) is 10.4. The van der Waals surface area contributed by atoms with E-state index in [-0.39, 0.29) is 0 Å². The van der Waals surface area contributed by atoms with Crippen LogP contribution in [0.1, 0.15) is 37.3 Å². The first-order chi connectivity index (χ1) is 6.74. The summed E-state index contributed by atoms with van der Waals surface area (Å²) in [7, 11) is 0. The lowest BCUT2D eigenvalue weighted by Gasteiger charge is -2.09. The minimum Gasteiger partial charge on any atom is -0.264 e. The first-order valence-corrected chi connectivity index (χ1v) is 6.19. The summed E-state index contributed by atoms with van der Waals surface area (Å²) < 4.78 is 0. The van der Waals surface area contributed by atoms with Crippen LogP contribution >= 0.6 is 15.9 Å². The molecule has 0 saturated heterocycles. The second-order valence-corrected chi connectivity index (χ2v) is 5.02. The monoisotopic (exact) mass is 255 g/mol. The van der Waals surface area contributed by atoms with Crippen LogP contribution in [0.4, 0.5) is 0 Å². The molecule has 0 aliphatic carbocycles. The van der Waals surface area contributed by atoms with Crippen LogP contribution in [0, 0.1) is 6.92 Å². The Bertz CT molecular complexity index is 273. The molecular weight excluding hydrogens is 238 g/mol. The van der Waals surface area contributed by atoms with Crippen LogP contribution in [0.25, 0.3) is 0 Å². The molecular formula is C12H18BrN. The van der Waals surface area contributed by atoms with Gasteiger partial charge in [0.15, 0.2) is 0 Å². The number of hydrogen-bond acceptors (Lipinski definition) is 1. The smallest absolute Gasteiger partial charge is 0.0302 e. The van der Waals surface area contributed by atoms with Gasteiger partial charge in [0.05, 0.1) is 0 Å². The third-order valence-corrected chi connectivity index (χ3v) is 3.39. The average Bonchev–Trinajstić information content (AvgIpc) is 2.17. The molecule has 0 bridgehead atoms. The zero-order valence-electron chi connectivity index (χ0n) is 8.96. The van der Waals surface area contributed by atoms with Gasteiger partial charge in [0.1, 0.15) is 0 Å². The van der Waals surface area contributed by atoms with E-state index in [0.717, 1.165) is 6.42 Å². The van der Waals surface area contributed by atoms with Gasteiger partial charge in [0.2, 0.25) is 0 Å². The summed E-state index contributed by atoms with van der Waals surface area (Å²) >= 11 is 3.70. The third-order valence-electron chi connectivity index (χ3n) is 2.48. The topological polar surface area (TPSA) is 12.9 Å². The number of rotatable bonds is 5. The number of alkyl halides is 1. The van der Waals surface area contributed by atoms with E-state index in [0.29, 0.717) is 4.83 Å². The molecule has 0 spiro atoms. The Hall–Kier alpha value is -0.370. The minimum atomic E-state index is 0.659. The molecule has 2 heteroatoms. The molecule has 0 N–H and O–H groups in total. The third kappa shape index (κ3) is 3.79. The molecule has 1 nitrogen and oxygen atoms in total. The molecule has 0 saturated carbocycles. The fourth-order valence-electron chi connectivity index (χ4n) is 1.53. The summed E-state index contributed by atoms with van der Waals surface area (Å²) in [6.45, 7) is 4.38. The van der Waals surface area contributed by atoms with E-state index in [1.165, 1.54) is 30.4 Å². The Kier molecular flexibility index (Phi) is 5.16. The molecule has 0 radical (unpaired) electrons. The van der Waals surface area contributed by atoms with Crippen LogP contribution < -0.4 is 0 Å². The Morgan fingerprint density at radius 2 is 2.21 bits per heavy atom. The second-order valence-electron chi connectivity index (χ2n) is 3.73. The van der Waals surface area contributed by atoms with Crippen molar-refractivity contribution in [2.45, 2.75) is 44.4 Å². The van der Waals surface area contributed by atoms with Gasteiger partial charge in [-0.05, 0) is 43.4 Å². The standard InChI is InChI=1S/C12H18BrN/c1-3-4-12(13)6-5-11-9-14-8-7-10(11)2/h7-9,12H,3-6H2,1-2H3. The summed E-state index contributed by atoms with van der Waals surface area (Å²) in [4.78, 5) is 4.81. The molecule has 78 valence electrons. The van der Waals surface area contributed by atoms with Crippen molar-refractivity contribution in [2.75, 3.05) is 0 Å². The minimum absolute atomic E-state index is 0.659. The fraction of sp³-hybridized carbons (Fsp3) is 0.583. The maximum atomic E-state index is 4.15. The quantitative estimate of drug-likeness (QED) is 0.728. The molecule has 0 aliphatic rings. The summed E-state index contributed by atoms with van der Waals surface area (Å²) in [6, 6.07) is 2.08. The average molecular weight is 256 g/mol. The van der Waals surface area contributed by atoms with Crippen molar-refractivity contribution in [1.82, 2.24) is 4.98 Å². The Balaban J connectivity index is 2.41. The normalized spacial score (nSPS) is 12.8. The van der Waals surface area contributed by atoms with Gasteiger partial charge in [-0.3, -0.25) is 4.98 Å². The fourth-order valence-corrected chi connectivity index (χ4v) is 2.21. The van der Waals surface area contributed by atoms with Crippen LogP contribution in [0.5, 0.6) is 0 Å². The molecule has 1 aromatic heterocycles. The molecule has 1 aromatic rings. The van der Waals surface area contributed by atoms with Gasteiger partial charge in [-0.15, -0.1) is 0 Å². The van der Waals surface area contributed by atoms with E-state index in [1.807, 2.05) is 12.4 Å². The number of hydrogen-bond donors (Lipinski definition) is 0. The van der Waals surface area contributed by atoms with E-state index in [2.05, 4.69) is 40.8 Å². The molecule has 1 rings (SSSR count). The van der Waals surface area contributed by atoms with Gasteiger partial charge in [-0.1, -0.05) is 29.3 Å². The van der Waals surface area contributed by atoms with E-state index in [1.54, 1.807) is 0 Å². The second kappa shape index (κ2) is 6.18. The van der Waals surface area contributed by atoms with Crippen molar-refractivity contribution in [3.05, 3.63) is 29.6 Å². The van der Waals surface area contributed by atoms with Crippen molar-refractivity contribution in [3.8, 4) is 0 Å². The highest BCUT2D eigenvalue weighted by atomic mass is 79.9. The van der Waals surface area contributed by atoms with E-state index in [4.69, 9.17) is 0 Å². The first-order valence-electron chi connectivity index (χ1n) is 5.27. The molecule has 1 unspecified atom stereocenters. The SMILES string of the molecule is CCCC(Br)CCc1cnccc1C. The number of aryl methyl sites for hydroxylation is 2. The Labute approximate surface area is 95.1 Å². The zero-order valence-corrected chi connectivity index (χ0v) is 10.5. The van der Waals surface area contributed by atoms with Gasteiger partial charge >= 0.3 is 0 Å². The summed E-state index contributed by atoms with van der Waals surface area (Å²) in [5.41, 5.74) is 2.74. The maximum Gasteiger partial charge on any atom is 0.0302 e. The number of pyridine rings is 1. The molecule has 1 heterocycles. The predicted octanol–water partition coefficient (Wildman–Crippen LogP) is 3.89. The highest BCUT2D eigenvalue weighted by Crippen LogP contribution is 2.16. The van der Waals surface area contributed by atoms with Gasteiger partial charge in [0, 0.05) is 17.2 Å². The van der Waals surface area contributed by atoms with Gasteiger partial charge in [0.25, 0.3) is 0 Å². The van der Waals surface area contributed by atoms with Crippen molar-refractivity contribution in [3.63, 3.8) is 0 Å². The number of halogens is 1. The van der Waals surface area contributed by atoms with Crippen LogP contribution in [0.2, 0.25) is 0 Å². The van der Waals surface area contributed by atoms with Crippen LogP contribution in [-0.2, 0) is 6.42 Å². The number of nitrogens with zero attached hydrogens (tertiary/aromatic N) is 1. The molecule has 1 atom stereocenters. The van der Waals surface area contributed by atoms with Crippen LogP contribution in [0.15, 0.2) is 18.5 Å². The predicted molar refractivity (Wildman–Crippen MR) is 64.9 cm³/mol. The first kappa shape index (κ1) is 11.7. The summed E-state index contributed by atoms with van der Waals surface area (Å²) in [5.74, 6) is 0. The van der Waals surface area contributed by atoms with Crippen molar-refractivity contribution in [2.24, 2.45) is 0 Å². The lowest BCUT2D eigenvalue weighted by atomic mass is 10.0.